The second-order valence-corrected chi connectivity index (χ2v) is 6.23. The Kier molecular flexibility index (Phi) is 4.99. The summed E-state index contributed by atoms with van der Waals surface area (Å²) >= 11 is 0. The molecule has 0 aromatic heterocycles. The van der Waals surface area contributed by atoms with Crippen LogP contribution < -0.4 is 0 Å². The summed E-state index contributed by atoms with van der Waals surface area (Å²) in [6, 6.07) is 0. The van der Waals surface area contributed by atoms with Gasteiger partial charge in [-0.25, -0.2) is 0 Å². The van der Waals surface area contributed by atoms with E-state index in [1.165, 1.54) is 13.5 Å². The largest absolute Gasteiger partial charge is 0.469 e. The van der Waals surface area contributed by atoms with Gasteiger partial charge in [-0.15, -0.1) is 0 Å². The molecule has 1 rings (SSSR count). The van der Waals surface area contributed by atoms with Gasteiger partial charge in [-0.1, -0.05) is 13.8 Å². The number of carbonyl (C=O) groups is 1. The van der Waals surface area contributed by atoms with Crippen molar-refractivity contribution in [2.24, 2.45) is 17.3 Å². The van der Waals surface area contributed by atoms with Crippen LogP contribution in [0.2, 0.25) is 0 Å². The van der Waals surface area contributed by atoms with Gasteiger partial charge in [0.1, 0.15) is 0 Å². The fourth-order valence-corrected chi connectivity index (χ4v) is 2.67. The molecule has 1 fully saturated rings. The molecule has 100 valence electrons. The summed E-state index contributed by atoms with van der Waals surface area (Å²) < 4.78 is 10.7. The number of esters is 1. The third-order valence-corrected chi connectivity index (χ3v) is 3.55. The smallest absolute Gasteiger partial charge is 0.313 e. The van der Waals surface area contributed by atoms with Gasteiger partial charge < -0.3 is 9.47 Å². The van der Waals surface area contributed by atoms with Crippen molar-refractivity contribution in [2.75, 3.05) is 13.7 Å². The van der Waals surface area contributed by atoms with Gasteiger partial charge >= 0.3 is 5.97 Å². The van der Waals surface area contributed by atoms with Crippen molar-refractivity contribution in [1.29, 1.82) is 0 Å². The first-order valence-electron chi connectivity index (χ1n) is 6.55. The van der Waals surface area contributed by atoms with E-state index in [1.54, 1.807) is 0 Å². The van der Waals surface area contributed by atoms with Gasteiger partial charge in [0.05, 0.1) is 25.2 Å². The number of hydrogen-bond donors (Lipinski definition) is 0. The third-order valence-electron chi connectivity index (χ3n) is 3.55. The predicted octanol–water partition coefficient (Wildman–Crippen LogP) is 3.03. The van der Waals surface area contributed by atoms with E-state index in [9.17, 15) is 4.79 Å². The van der Waals surface area contributed by atoms with Crippen molar-refractivity contribution in [3.63, 3.8) is 0 Å². The van der Waals surface area contributed by atoms with Gasteiger partial charge in [-0.3, -0.25) is 4.79 Å². The maximum absolute atomic E-state index is 11.5. The Balaban J connectivity index is 2.42. The van der Waals surface area contributed by atoms with Crippen LogP contribution in [-0.4, -0.2) is 25.8 Å². The molecular formula is C14H26O3. The monoisotopic (exact) mass is 242 g/mol. The van der Waals surface area contributed by atoms with E-state index in [1.807, 2.05) is 13.8 Å². The normalized spacial score (nSPS) is 30.1. The molecule has 0 amide bonds. The molecule has 3 nitrogen and oxygen atoms in total. The summed E-state index contributed by atoms with van der Waals surface area (Å²) in [5, 5.41) is 0. The van der Waals surface area contributed by atoms with E-state index >= 15 is 0 Å². The van der Waals surface area contributed by atoms with Gasteiger partial charge in [0, 0.05) is 0 Å². The van der Waals surface area contributed by atoms with Crippen molar-refractivity contribution < 1.29 is 14.3 Å². The van der Waals surface area contributed by atoms with Gasteiger partial charge in [0.15, 0.2) is 0 Å². The van der Waals surface area contributed by atoms with E-state index in [0.29, 0.717) is 12.7 Å². The summed E-state index contributed by atoms with van der Waals surface area (Å²) in [4.78, 5) is 11.5. The lowest BCUT2D eigenvalue weighted by atomic mass is 9.81. The molecule has 2 atom stereocenters. The van der Waals surface area contributed by atoms with Crippen LogP contribution in [0.5, 0.6) is 0 Å². The molecule has 3 heteroatoms. The van der Waals surface area contributed by atoms with Crippen LogP contribution >= 0.6 is 0 Å². The fourth-order valence-electron chi connectivity index (χ4n) is 2.67. The van der Waals surface area contributed by atoms with E-state index in [-0.39, 0.29) is 5.97 Å². The Morgan fingerprint density at radius 2 is 1.71 bits per heavy atom. The Labute approximate surface area is 105 Å². The summed E-state index contributed by atoms with van der Waals surface area (Å²) in [5.41, 5.74) is -0.543. The van der Waals surface area contributed by atoms with Crippen LogP contribution in [0.15, 0.2) is 0 Å². The molecule has 0 radical (unpaired) electrons. The van der Waals surface area contributed by atoms with E-state index in [0.717, 1.165) is 24.7 Å². The van der Waals surface area contributed by atoms with Crippen molar-refractivity contribution in [1.82, 2.24) is 0 Å². The zero-order valence-corrected chi connectivity index (χ0v) is 11.8. The minimum absolute atomic E-state index is 0.200. The summed E-state index contributed by atoms with van der Waals surface area (Å²) in [5.74, 6) is 1.25. The summed E-state index contributed by atoms with van der Waals surface area (Å²) in [6.07, 6.45) is 3.82. The summed E-state index contributed by atoms with van der Waals surface area (Å²) in [7, 11) is 1.43. The zero-order chi connectivity index (χ0) is 13.1. The predicted molar refractivity (Wildman–Crippen MR) is 67.7 cm³/mol. The molecule has 0 bridgehead atoms. The van der Waals surface area contributed by atoms with E-state index < -0.39 is 5.41 Å². The highest BCUT2D eigenvalue weighted by Gasteiger charge is 2.32. The highest BCUT2D eigenvalue weighted by molar-refractivity contribution is 5.75. The number of methoxy groups -OCH3 is 1. The molecule has 0 aromatic carbocycles. The minimum atomic E-state index is -0.543. The Bertz CT molecular complexity index is 250. The molecule has 0 saturated heterocycles. The fraction of sp³-hybridized carbons (Fsp3) is 0.929. The Morgan fingerprint density at radius 1 is 1.18 bits per heavy atom. The molecule has 2 unspecified atom stereocenters. The average molecular weight is 242 g/mol. The van der Waals surface area contributed by atoms with Crippen LogP contribution in [0.1, 0.15) is 47.0 Å². The average Bonchev–Trinajstić information content (AvgIpc) is 2.24. The SMILES string of the molecule is COC(=O)C(C)(C)COC1CC(C)CC(C)C1. The quantitative estimate of drug-likeness (QED) is 0.711. The van der Waals surface area contributed by atoms with Crippen LogP contribution in [0, 0.1) is 17.3 Å². The molecule has 1 aliphatic carbocycles. The van der Waals surface area contributed by atoms with Gasteiger partial charge in [-0.2, -0.15) is 0 Å². The molecule has 0 aliphatic heterocycles. The third kappa shape index (κ3) is 4.30. The topological polar surface area (TPSA) is 35.5 Å². The molecule has 1 aliphatic rings. The van der Waals surface area contributed by atoms with Crippen molar-refractivity contribution in [2.45, 2.75) is 53.1 Å². The van der Waals surface area contributed by atoms with Crippen LogP contribution in [0.3, 0.4) is 0 Å². The first kappa shape index (κ1) is 14.5. The molecule has 17 heavy (non-hydrogen) atoms. The highest BCUT2D eigenvalue weighted by Crippen LogP contribution is 2.31. The molecule has 0 N–H and O–H groups in total. The number of rotatable bonds is 4. The Morgan fingerprint density at radius 3 is 2.18 bits per heavy atom. The number of ether oxygens (including phenoxy) is 2. The van der Waals surface area contributed by atoms with Gasteiger partial charge in [0.2, 0.25) is 0 Å². The van der Waals surface area contributed by atoms with Crippen LogP contribution in [0.4, 0.5) is 0 Å². The maximum atomic E-state index is 11.5. The van der Waals surface area contributed by atoms with Crippen molar-refractivity contribution in [3.05, 3.63) is 0 Å². The first-order chi connectivity index (χ1) is 7.85. The molecule has 1 saturated carbocycles. The Hall–Kier alpha value is -0.570. The van der Waals surface area contributed by atoms with E-state index in [2.05, 4.69) is 13.8 Å². The van der Waals surface area contributed by atoms with Gasteiger partial charge in [-0.05, 0) is 44.9 Å². The highest BCUT2D eigenvalue weighted by atomic mass is 16.5. The maximum Gasteiger partial charge on any atom is 0.313 e. The van der Waals surface area contributed by atoms with E-state index in [4.69, 9.17) is 9.47 Å². The number of carbonyl (C=O) groups excluding carboxylic acids is 1. The lowest BCUT2D eigenvalue weighted by Gasteiger charge is -2.33. The zero-order valence-electron chi connectivity index (χ0n) is 11.8. The minimum Gasteiger partial charge on any atom is -0.469 e. The second-order valence-electron chi connectivity index (χ2n) is 6.23. The van der Waals surface area contributed by atoms with Gasteiger partial charge in [0.25, 0.3) is 0 Å². The summed E-state index contributed by atoms with van der Waals surface area (Å²) in [6.45, 7) is 8.74. The molecular weight excluding hydrogens is 216 g/mol. The number of hydrogen-bond acceptors (Lipinski definition) is 3. The van der Waals surface area contributed by atoms with Crippen LogP contribution in [-0.2, 0) is 14.3 Å². The molecule has 0 aromatic rings. The second kappa shape index (κ2) is 5.85. The molecule has 0 heterocycles. The van der Waals surface area contributed by atoms with Crippen molar-refractivity contribution in [3.8, 4) is 0 Å². The lowest BCUT2D eigenvalue weighted by molar-refractivity contribution is -0.156. The lowest BCUT2D eigenvalue weighted by Crippen LogP contribution is -2.35. The first-order valence-corrected chi connectivity index (χ1v) is 6.55. The van der Waals surface area contributed by atoms with Crippen molar-refractivity contribution >= 4 is 5.97 Å². The standard InChI is InChI=1S/C14H26O3/c1-10-6-11(2)8-12(7-10)17-9-14(3,4)13(15)16-5/h10-12H,6-9H2,1-5H3. The van der Waals surface area contributed by atoms with Crippen LogP contribution in [0.25, 0.3) is 0 Å². The molecule has 0 spiro atoms.